The van der Waals surface area contributed by atoms with E-state index in [0.29, 0.717) is 24.8 Å². The second-order valence-electron chi connectivity index (χ2n) is 5.46. The summed E-state index contributed by atoms with van der Waals surface area (Å²) in [7, 11) is 1.71. The summed E-state index contributed by atoms with van der Waals surface area (Å²) in [5, 5.41) is 6.43. The summed E-state index contributed by atoms with van der Waals surface area (Å²) in [6, 6.07) is 9.93. The third kappa shape index (κ3) is 5.53. The monoisotopic (exact) mass is 330 g/mol. The highest BCUT2D eigenvalue weighted by Gasteiger charge is 2.07. The van der Waals surface area contributed by atoms with Crippen molar-refractivity contribution in [1.29, 1.82) is 0 Å². The summed E-state index contributed by atoms with van der Waals surface area (Å²) in [4.78, 5) is 8.53. The lowest BCUT2D eigenvalue weighted by molar-refractivity contribution is 0.223. The van der Waals surface area contributed by atoms with Gasteiger partial charge in [-0.1, -0.05) is 6.07 Å². The van der Waals surface area contributed by atoms with Gasteiger partial charge in [0.1, 0.15) is 17.7 Å². The van der Waals surface area contributed by atoms with Crippen molar-refractivity contribution in [3.05, 3.63) is 59.7 Å². The molecule has 2 aromatic rings. The number of aryl methyl sites for hydroxylation is 1. The smallest absolute Gasteiger partial charge is 0.191 e. The molecule has 0 aliphatic carbocycles. The molecule has 0 aliphatic rings. The third-order valence-electron chi connectivity index (χ3n) is 3.47. The van der Waals surface area contributed by atoms with Crippen LogP contribution in [0, 0.1) is 12.7 Å². The van der Waals surface area contributed by atoms with E-state index in [2.05, 4.69) is 20.6 Å². The highest BCUT2D eigenvalue weighted by molar-refractivity contribution is 5.79. The summed E-state index contributed by atoms with van der Waals surface area (Å²) in [5.41, 5.74) is 2.12. The van der Waals surface area contributed by atoms with Crippen LogP contribution in [0.5, 0.6) is 5.75 Å². The molecule has 1 aromatic carbocycles. The van der Waals surface area contributed by atoms with Gasteiger partial charge >= 0.3 is 0 Å². The summed E-state index contributed by atoms with van der Waals surface area (Å²) < 4.78 is 18.6. The SMILES string of the molecule is CN=C(NCc1ncccc1C)NCC(C)Oc1ccc(F)cc1. The molecule has 2 rings (SSSR count). The molecule has 0 amide bonds. The molecular weight excluding hydrogens is 307 g/mol. The Hall–Kier alpha value is -2.63. The quantitative estimate of drug-likeness (QED) is 0.631. The van der Waals surface area contributed by atoms with Crippen molar-refractivity contribution in [3.63, 3.8) is 0 Å². The highest BCUT2D eigenvalue weighted by atomic mass is 19.1. The number of aliphatic imine (C=N–C) groups is 1. The first-order valence-electron chi connectivity index (χ1n) is 7.85. The Balaban J connectivity index is 1.78. The Morgan fingerprint density at radius 3 is 2.67 bits per heavy atom. The summed E-state index contributed by atoms with van der Waals surface area (Å²) in [6.45, 7) is 5.13. The zero-order valence-corrected chi connectivity index (χ0v) is 14.2. The van der Waals surface area contributed by atoms with E-state index in [1.165, 1.54) is 12.1 Å². The second kappa shape index (κ2) is 8.86. The zero-order chi connectivity index (χ0) is 17.4. The van der Waals surface area contributed by atoms with Gasteiger partial charge in [-0.25, -0.2) is 4.39 Å². The zero-order valence-electron chi connectivity index (χ0n) is 14.2. The van der Waals surface area contributed by atoms with Gasteiger partial charge in [-0.2, -0.15) is 0 Å². The van der Waals surface area contributed by atoms with E-state index in [0.717, 1.165) is 11.3 Å². The largest absolute Gasteiger partial charge is 0.489 e. The van der Waals surface area contributed by atoms with Crippen molar-refractivity contribution < 1.29 is 9.13 Å². The molecule has 0 radical (unpaired) electrons. The molecule has 24 heavy (non-hydrogen) atoms. The van der Waals surface area contributed by atoms with Crippen LogP contribution in [0.2, 0.25) is 0 Å². The average Bonchev–Trinajstić information content (AvgIpc) is 2.58. The van der Waals surface area contributed by atoms with E-state index in [-0.39, 0.29) is 11.9 Å². The number of rotatable bonds is 6. The molecule has 0 saturated heterocycles. The molecule has 0 spiro atoms. The number of halogens is 1. The molecule has 128 valence electrons. The van der Waals surface area contributed by atoms with Gasteiger partial charge in [0.05, 0.1) is 18.8 Å². The minimum atomic E-state index is -0.275. The van der Waals surface area contributed by atoms with E-state index in [1.54, 1.807) is 25.4 Å². The Kier molecular flexibility index (Phi) is 6.54. The van der Waals surface area contributed by atoms with Crippen LogP contribution in [-0.4, -0.2) is 30.6 Å². The summed E-state index contributed by atoms with van der Waals surface area (Å²) >= 11 is 0. The Morgan fingerprint density at radius 2 is 2.00 bits per heavy atom. The van der Waals surface area contributed by atoms with Crippen LogP contribution < -0.4 is 15.4 Å². The first-order chi connectivity index (χ1) is 11.6. The lowest BCUT2D eigenvalue weighted by Gasteiger charge is -2.18. The molecule has 0 bridgehead atoms. The van der Waals surface area contributed by atoms with Crippen LogP contribution in [0.3, 0.4) is 0 Å². The van der Waals surface area contributed by atoms with Crippen molar-refractivity contribution in [2.75, 3.05) is 13.6 Å². The highest BCUT2D eigenvalue weighted by Crippen LogP contribution is 2.12. The number of nitrogens with one attached hydrogen (secondary N) is 2. The Labute approximate surface area is 142 Å². The minimum Gasteiger partial charge on any atom is -0.489 e. The standard InChI is InChI=1S/C18H23FN4O/c1-13-5-4-10-21-17(13)12-23-18(20-3)22-11-14(2)24-16-8-6-15(19)7-9-16/h4-10,14H,11-12H2,1-3H3,(H2,20,22,23). The first kappa shape index (κ1) is 17.7. The molecule has 1 unspecified atom stereocenters. The molecule has 1 heterocycles. The molecule has 0 saturated carbocycles. The molecule has 0 aliphatic heterocycles. The van der Waals surface area contributed by atoms with Gasteiger partial charge in [-0.3, -0.25) is 9.98 Å². The number of nitrogens with zero attached hydrogens (tertiary/aromatic N) is 2. The van der Waals surface area contributed by atoms with Crippen molar-refractivity contribution in [2.24, 2.45) is 4.99 Å². The predicted molar refractivity (Wildman–Crippen MR) is 93.7 cm³/mol. The maximum atomic E-state index is 12.9. The molecule has 1 atom stereocenters. The number of benzene rings is 1. The fourth-order valence-corrected chi connectivity index (χ4v) is 2.12. The number of hydrogen-bond acceptors (Lipinski definition) is 3. The van der Waals surface area contributed by atoms with E-state index in [1.807, 2.05) is 26.0 Å². The molecule has 5 nitrogen and oxygen atoms in total. The second-order valence-corrected chi connectivity index (χ2v) is 5.46. The fourth-order valence-electron chi connectivity index (χ4n) is 2.12. The van der Waals surface area contributed by atoms with Gasteiger partial charge in [-0.05, 0) is 49.7 Å². The molecule has 1 aromatic heterocycles. The minimum absolute atomic E-state index is 0.0920. The Morgan fingerprint density at radius 1 is 1.25 bits per heavy atom. The van der Waals surface area contributed by atoms with Crippen molar-refractivity contribution in [3.8, 4) is 5.75 Å². The van der Waals surface area contributed by atoms with Crippen LogP contribution in [-0.2, 0) is 6.54 Å². The van der Waals surface area contributed by atoms with Gasteiger partial charge in [0.15, 0.2) is 5.96 Å². The van der Waals surface area contributed by atoms with Crippen molar-refractivity contribution in [2.45, 2.75) is 26.5 Å². The fraction of sp³-hybridized carbons (Fsp3) is 0.333. The molecular formula is C18H23FN4O. The van der Waals surface area contributed by atoms with E-state index < -0.39 is 0 Å². The maximum absolute atomic E-state index is 12.9. The van der Waals surface area contributed by atoms with Gasteiger partial charge in [0, 0.05) is 13.2 Å². The maximum Gasteiger partial charge on any atom is 0.191 e. The molecule has 6 heteroatoms. The van der Waals surface area contributed by atoms with Crippen LogP contribution in [0.4, 0.5) is 4.39 Å². The molecule has 2 N–H and O–H groups in total. The lowest BCUT2D eigenvalue weighted by atomic mass is 10.2. The normalized spacial score (nSPS) is 12.6. The first-order valence-corrected chi connectivity index (χ1v) is 7.85. The number of pyridine rings is 1. The van der Waals surface area contributed by atoms with Gasteiger partial charge in [-0.15, -0.1) is 0 Å². The van der Waals surface area contributed by atoms with Crippen molar-refractivity contribution >= 4 is 5.96 Å². The summed E-state index contributed by atoms with van der Waals surface area (Å²) in [6.07, 6.45) is 1.68. The van der Waals surface area contributed by atoms with E-state index >= 15 is 0 Å². The Bertz CT molecular complexity index is 673. The summed E-state index contributed by atoms with van der Waals surface area (Å²) in [5.74, 6) is 1.04. The van der Waals surface area contributed by atoms with Gasteiger partial charge < -0.3 is 15.4 Å². The van der Waals surface area contributed by atoms with Crippen LogP contribution in [0.1, 0.15) is 18.2 Å². The lowest BCUT2D eigenvalue weighted by Crippen LogP contribution is -2.41. The number of hydrogen-bond donors (Lipinski definition) is 2. The van der Waals surface area contributed by atoms with E-state index in [9.17, 15) is 4.39 Å². The molecule has 0 fully saturated rings. The third-order valence-corrected chi connectivity index (χ3v) is 3.47. The van der Waals surface area contributed by atoms with Crippen LogP contribution in [0.25, 0.3) is 0 Å². The number of guanidine groups is 1. The van der Waals surface area contributed by atoms with E-state index in [4.69, 9.17) is 4.74 Å². The average molecular weight is 330 g/mol. The van der Waals surface area contributed by atoms with Crippen molar-refractivity contribution in [1.82, 2.24) is 15.6 Å². The van der Waals surface area contributed by atoms with Crippen LogP contribution in [0.15, 0.2) is 47.6 Å². The van der Waals surface area contributed by atoms with Gasteiger partial charge in [0.2, 0.25) is 0 Å². The number of aromatic nitrogens is 1. The van der Waals surface area contributed by atoms with Gasteiger partial charge in [0.25, 0.3) is 0 Å². The van der Waals surface area contributed by atoms with Crippen LogP contribution >= 0.6 is 0 Å². The predicted octanol–water partition coefficient (Wildman–Crippen LogP) is 2.66. The topological polar surface area (TPSA) is 58.5 Å². The number of ether oxygens (including phenoxy) is 1.